The van der Waals surface area contributed by atoms with Crippen LogP contribution in [-0.4, -0.2) is 30.8 Å². The maximum atomic E-state index is 13.9. The van der Waals surface area contributed by atoms with E-state index in [1.807, 2.05) is 58.9 Å². The molecule has 1 unspecified atom stereocenters. The van der Waals surface area contributed by atoms with E-state index in [4.69, 9.17) is 14.6 Å². The standard InChI is InChI=1S/C31H32N2O3.2C2H6/c1-7-21-10-12-24(13-11-21)28-19-27(25-15-14-22(8-2)30(17-25)36-6)32-33(28)31(34)26-16-23(9-3)20(4)29(18-26)35-5;2*1-2/h8-18,28H,2-3,7,19H2,1,4-6H3;2*1-2H3. The first kappa shape index (κ1) is 32.1. The summed E-state index contributed by atoms with van der Waals surface area (Å²) in [6.45, 7) is 19.8. The molecule has 1 amide bonds. The molecule has 0 saturated carbocycles. The van der Waals surface area contributed by atoms with E-state index in [9.17, 15) is 4.79 Å². The molecule has 0 fully saturated rings. The zero-order valence-corrected chi connectivity index (χ0v) is 25.4. The van der Waals surface area contributed by atoms with Crippen LogP contribution in [-0.2, 0) is 6.42 Å². The molecule has 0 radical (unpaired) electrons. The van der Waals surface area contributed by atoms with Crippen LogP contribution in [0.25, 0.3) is 12.2 Å². The Labute approximate surface area is 240 Å². The van der Waals surface area contributed by atoms with Crippen LogP contribution in [0.15, 0.2) is 72.9 Å². The second kappa shape index (κ2) is 15.5. The first-order valence-corrected chi connectivity index (χ1v) is 14.1. The number of rotatable bonds is 8. The van der Waals surface area contributed by atoms with E-state index in [2.05, 4.69) is 44.3 Å². The Balaban J connectivity index is 0.00000134. The molecule has 1 atom stereocenters. The van der Waals surface area contributed by atoms with Gasteiger partial charge in [-0.2, -0.15) is 5.10 Å². The molecule has 0 bridgehead atoms. The van der Waals surface area contributed by atoms with Crippen molar-refractivity contribution < 1.29 is 14.3 Å². The van der Waals surface area contributed by atoms with E-state index in [0.29, 0.717) is 17.7 Å². The van der Waals surface area contributed by atoms with Gasteiger partial charge in [-0.25, -0.2) is 5.01 Å². The van der Waals surface area contributed by atoms with E-state index in [0.717, 1.165) is 45.7 Å². The summed E-state index contributed by atoms with van der Waals surface area (Å²) in [6, 6.07) is 17.7. The molecule has 4 rings (SSSR count). The minimum absolute atomic E-state index is 0.189. The molecule has 3 aromatic rings. The molecule has 0 saturated heterocycles. The summed E-state index contributed by atoms with van der Waals surface area (Å²) >= 11 is 0. The number of hydrazone groups is 1. The fourth-order valence-corrected chi connectivity index (χ4v) is 4.56. The number of benzene rings is 3. The van der Waals surface area contributed by atoms with Crippen LogP contribution in [0.1, 0.15) is 90.8 Å². The highest BCUT2D eigenvalue weighted by Gasteiger charge is 2.34. The molecule has 0 spiro atoms. The van der Waals surface area contributed by atoms with Crippen molar-refractivity contribution in [2.24, 2.45) is 5.10 Å². The van der Waals surface area contributed by atoms with E-state index in [1.54, 1.807) is 37.4 Å². The topological polar surface area (TPSA) is 51.1 Å². The number of amides is 1. The second-order valence-corrected chi connectivity index (χ2v) is 8.77. The number of aryl methyl sites for hydroxylation is 1. The normalized spacial score (nSPS) is 13.7. The lowest BCUT2D eigenvalue weighted by Gasteiger charge is -2.23. The monoisotopic (exact) mass is 540 g/mol. The summed E-state index contributed by atoms with van der Waals surface area (Å²) < 4.78 is 11.1. The quantitative estimate of drug-likeness (QED) is 0.287. The fourth-order valence-electron chi connectivity index (χ4n) is 4.56. The summed E-state index contributed by atoms with van der Waals surface area (Å²) in [6.07, 6.45) is 5.04. The molecule has 40 heavy (non-hydrogen) atoms. The highest BCUT2D eigenvalue weighted by atomic mass is 16.5. The third-order valence-electron chi connectivity index (χ3n) is 6.76. The number of hydrogen-bond donors (Lipinski definition) is 0. The van der Waals surface area contributed by atoms with Crippen molar-refractivity contribution in [1.29, 1.82) is 0 Å². The zero-order valence-electron chi connectivity index (χ0n) is 25.4. The number of carbonyl (C=O) groups is 1. The predicted molar refractivity (Wildman–Crippen MR) is 169 cm³/mol. The zero-order chi connectivity index (χ0) is 29.8. The molecular formula is C35H44N2O3. The van der Waals surface area contributed by atoms with Crippen molar-refractivity contribution in [2.75, 3.05) is 14.2 Å². The number of carbonyl (C=O) groups excluding carboxylic acids is 1. The van der Waals surface area contributed by atoms with Gasteiger partial charge in [0.05, 0.1) is 26.0 Å². The smallest absolute Gasteiger partial charge is 0.274 e. The van der Waals surface area contributed by atoms with Crippen molar-refractivity contribution in [2.45, 2.75) is 60.4 Å². The Morgan fingerprint density at radius 1 is 0.925 bits per heavy atom. The Kier molecular flexibility index (Phi) is 12.4. The summed E-state index contributed by atoms with van der Waals surface area (Å²) in [4.78, 5) is 13.9. The molecule has 5 nitrogen and oxygen atoms in total. The summed E-state index contributed by atoms with van der Waals surface area (Å²) in [7, 11) is 3.24. The number of methoxy groups -OCH3 is 2. The van der Waals surface area contributed by atoms with Gasteiger partial charge in [0.1, 0.15) is 11.5 Å². The predicted octanol–water partition coefficient (Wildman–Crippen LogP) is 8.90. The lowest BCUT2D eigenvalue weighted by atomic mass is 9.96. The van der Waals surface area contributed by atoms with E-state index >= 15 is 0 Å². The van der Waals surface area contributed by atoms with Gasteiger partial charge in [-0.1, -0.05) is 96.3 Å². The van der Waals surface area contributed by atoms with Crippen LogP contribution in [0.4, 0.5) is 0 Å². The Morgan fingerprint density at radius 3 is 2.10 bits per heavy atom. The third-order valence-corrected chi connectivity index (χ3v) is 6.76. The van der Waals surface area contributed by atoms with Gasteiger partial charge in [-0.3, -0.25) is 4.79 Å². The van der Waals surface area contributed by atoms with Gasteiger partial charge >= 0.3 is 0 Å². The van der Waals surface area contributed by atoms with Crippen molar-refractivity contribution >= 4 is 23.8 Å². The summed E-state index contributed by atoms with van der Waals surface area (Å²) in [5, 5.41) is 6.45. The maximum Gasteiger partial charge on any atom is 0.274 e. The Hall–Kier alpha value is -4.12. The van der Waals surface area contributed by atoms with Crippen LogP contribution >= 0.6 is 0 Å². The minimum Gasteiger partial charge on any atom is -0.496 e. The lowest BCUT2D eigenvalue weighted by Crippen LogP contribution is -2.27. The molecule has 0 aromatic heterocycles. The van der Waals surface area contributed by atoms with E-state index < -0.39 is 0 Å². The van der Waals surface area contributed by atoms with Gasteiger partial charge in [0.15, 0.2) is 0 Å². The van der Waals surface area contributed by atoms with Gasteiger partial charge in [0, 0.05) is 23.1 Å². The maximum absolute atomic E-state index is 13.9. The van der Waals surface area contributed by atoms with Crippen molar-refractivity contribution in [3.63, 3.8) is 0 Å². The second-order valence-electron chi connectivity index (χ2n) is 8.77. The molecule has 0 N–H and O–H groups in total. The third kappa shape index (κ3) is 6.90. The lowest BCUT2D eigenvalue weighted by molar-refractivity contribution is 0.0710. The van der Waals surface area contributed by atoms with Crippen LogP contribution in [0.5, 0.6) is 11.5 Å². The molecule has 1 aliphatic heterocycles. The van der Waals surface area contributed by atoms with Crippen LogP contribution in [0.2, 0.25) is 0 Å². The molecular weight excluding hydrogens is 496 g/mol. The summed E-state index contributed by atoms with van der Waals surface area (Å²) in [5.41, 5.74) is 7.23. The number of nitrogens with zero attached hydrogens (tertiary/aromatic N) is 2. The van der Waals surface area contributed by atoms with Crippen LogP contribution in [0, 0.1) is 6.92 Å². The largest absolute Gasteiger partial charge is 0.496 e. The molecule has 1 aliphatic rings. The van der Waals surface area contributed by atoms with Gasteiger partial charge in [-0.05, 0) is 53.8 Å². The van der Waals surface area contributed by atoms with Gasteiger partial charge in [-0.15, -0.1) is 0 Å². The average molecular weight is 541 g/mol. The van der Waals surface area contributed by atoms with Gasteiger partial charge < -0.3 is 9.47 Å². The molecule has 5 heteroatoms. The van der Waals surface area contributed by atoms with Crippen molar-refractivity contribution in [1.82, 2.24) is 5.01 Å². The van der Waals surface area contributed by atoms with E-state index in [-0.39, 0.29) is 11.9 Å². The first-order chi connectivity index (χ1) is 19.4. The Morgan fingerprint density at radius 2 is 1.55 bits per heavy atom. The summed E-state index contributed by atoms with van der Waals surface area (Å²) in [5.74, 6) is 1.18. The molecule has 212 valence electrons. The average Bonchev–Trinajstić information content (AvgIpc) is 3.48. The van der Waals surface area contributed by atoms with E-state index in [1.165, 1.54) is 5.56 Å². The van der Waals surface area contributed by atoms with Crippen molar-refractivity contribution in [3.05, 3.63) is 107 Å². The Bertz CT molecular complexity index is 1340. The molecule has 0 aliphatic carbocycles. The fraction of sp³-hybridized carbons (Fsp3) is 0.314. The highest BCUT2D eigenvalue weighted by Crippen LogP contribution is 2.36. The van der Waals surface area contributed by atoms with Gasteiger partial charge in [0.25, 0.3) is 5.91 Å². The van der Waals surface area contributed by atoms with Gasteiger partial charge in [0.2, 0.25) is 0 Å². The highest BCUT2D eigenvalue weighted by molar-refractivity contribution is 6.05. The number of hydrogen-bond acceptors (Lipinski definition) is 4. The number of ether oxygens (including phenoxy) is 2. The molecule has 3 aromatic carbocycles. The SMILES string of the molecule is C=Cc1ccc(C2=NN(C(=O)c3cc(C=C)c(C)c(OC)c3)C(c3ccc(CC)cc3)C2)cc1OC.CC.CC. The van der Waals surface area contributed by atoms with Crippen LogP contribution < -0.4 is 9.47 Å². The minimum atomic E-state index is -0.233. The molecule has 1 heterocycles. The van der Waals surface area contributed by atoms with Crippen molar-refractivity contribution in [3.8, 4) is 11.5 Å². The first-order valence-electron chi connectivity index (χ1n) is 14.1. The van der Waals surface area contributed by atoms with Crippen LogP contribution in [0.3, 0.4) is 0 Å².